The van der Waals surface area contributed by atoms with Crippen molar-refractivity contribution in [2.24, 2.45) is 0 Å². The van der Waals surface area contributed by atoms with E-state index in [1.54, 1.807) is 32.4 Å². The van der Waals surface area contributed by atoms with Crippen LogP contribution in [-0.4, -0.2) is 28.4 Å². The Hall–Kier alpha value is -2.54. The second-order valence-electron chi connectivity index (χ2n) is 4.16. The number of nitrogens with one attached hydrogen (secondary N) is 2. The largest absolute Gasteiger partial charge is 0.494 e. The number of ether oxygens (including phenoxy) is 1. The van der Waals surface area contributed by atoms with Crippen LogP contribution in [0.1, 0.15) is 6.92 Å². The van der Waals surface area contributed by atoms with Crippen molar-refractivity contribution in [1.29, 1.82) is 0 Å². The van der Waals surface area contributed by atoms with Gasteiger partial charge >= 0.3 is 0 Å². The van der Waals surface area contributed by atoms with E-state index in [-0.39, 0.29) is 5.95 Å². The summed E-state index contributed by atoms with van der Waals surface area (Å²) in [5.41, 5.74) is 7.02. The lowest BCUT2D eigenvalue weighted by atomic mass is 10.2. The Labute approximate surface area is 116 Å². The van der Waals surface area contributed by atoms with Crippen LogP contribution >= 0.6 is 0 Å². The monoisotopic (exact) mass is 275 g/mol. The predicted molar refractivity (Wildman–Crippen MR) is 78.0 cm³/mol. The first-order valence-electron chi connectivity index (χ1n) is 6.06. The topological polar surface area (TPSA) is 105 Å². The van der Waals surface area contributed by atoms with Crippen LogP contribution < -0.4 is 21.1 Å². The minimum atomic E-state index is -0.639. The average molecular weight is 275 g/mol. The van der Waals surface area contributed by atoms with Crippen LogP contribution in [0.5, 0.6) is 5.75 Å². The molecule has 0 radical (unpaired) electrons. The van der Waals surface area contributed by atoms with Gasteiger partial charge in [0.05, 0.1) is 12.8 Å². The fourth-order valence-corrected chi connectivity index (χ4v) is 1.71. The van der Waals surface area contributed by atoms with Gasteiger partial charge in [-0.05, 0) is 25.1 Å². The number of nitrogens with two attached hydrogens (primary N) is 1. The molecule has 2 rings (SSSR count). The molecule has 5 N–H and O–H groups in total. The molecule has 106 valence electrons. The molecule has 1 heterocycles. The van der Waals surface area contributed by atoms with Gasteiger partial charge in [0.1, 0.15) is 17.8 Å². The second kappa shape index (κ2) is 6.07. The number of nitrogens with zero attached hydrogens (tertiary/aromatic N) is 2. The SMILES string of the molecule is COc1cc(NC(C)O)ccc1Nc1ccnc(N)n1. The van der Waals surface area contributed by atoms with E-state index in [1.165, 1.54) is 0 Å². The summed E-state index contributed by atoms with van der Waals surface area (Å²) in [6, 6.07) is 7.13. The molecule has 0 aliphatic heterocycles. The quantitative estimate of drug-likeness (QED) is 0.614. The molecular formula is C13H17N5O2. The van der Waals surface area contributed by atoms with Crippen molar-refractivity contribution in [2.75, 3.05) is 23.5 Å². The lowest BCUT2D eigenvalue weighted by Crippen LogP contribution is -2.13. The van der Waals surface area contributed by atoms with Gasteiger partial charge in [0.2, 0.25) is 5.95 Å². The van der Waals surface area contributed by atoms with Crippen molar-refractivity contribution < 1.29 is 9.84 Å². The van der Waals surface area contributed by atoms with Gasteiger partial charge in [-0.15, -0.1) is 0 Å². The molecule has 7 heteroatoms. The molecule has 0 fully saturated rings. The van der Waals surface area contributed by atoms with Gasteiger partial charge in [-0.3, -0.25) is 0 Å². The minimum absolute atomic E-state index is 0.196. The Balaban J connectivity index is 2.23. The van der Waals surface area contributed by atoms with Gasteiger partial charge in [0.15, 0.2) is 0 Å². The summed E-state index contributed by atoms with van der Waals surface area (Å²) in [6.07, 6.45) is 0.931. The number of hydrogen-bond acceptors (Lipinski definition) is 7. The van der Waals surface area contributed by atoms with E-state index in [9.17, 15) is 5.11 Å². The molecule has 0 saturated carbocycles. The van der Waals surface area contributed by atoms with Crippen LogP contribution in [-0.2, 0) is 0 Å². The third-order valence-corrected chi connectivity index (χ3v) is 2.51. The number of hydrogen-bond donors (Lipinski definition) is 4. The standard InChI is InChI=1S/C13H17N5O2/c1-8(19)16-9-3-4-10(11(7-9)20-2)17-12-5-6-15-13(14)18-12/h3-8,16,19H,1-2H3,(H3,14,15,17,18). The summed E-state index contributed by atoms with van der Waals surface area (Å²) < 4.78 is 5.31. The summed E-state index contributed by atoms with van der Waals surface area (Å²) in [6.45, 7) is 1.64. The van der Waals surface area contributed by atoms with Gasteiger partial charge in [0, 0.05) is 18.0 Å². The molecule has 1 aromatic heterocycles. The smallest absolute Gasteiger partial charge is 0.221 e. The maximum atomic E-state index is 9.31. The van der Waals surface area contributed by atoms with E-state index < -0.39 is 6.23 Å². The fourth-order valence-electron chi connectivity index (χ4n) is 1.71. The fraction of sp³-hybridized carbons (Fsp3) is 0.231. The van der Waals surface area contributed by atoms with E-state index in [1.807, 2.05) is 12.1 Å². The van der Waals surface area contributed by atoms with Crippen LogP contribution in [0, 0.1) is 0 Å². The van der Waals surface area contributed by atoms with Crippen molar-refractivity contribution in [3.05, 3.63) is 30.5 Å². The normalized spacial score (nSPS) is 11.8. The van der Waals surface area contributed by atoms with E-state index in [0.717, 1.165) is 11.4 Å². The van der Waals surface area contributed by atoms with Crippen molar-refractivity contribution in [3.63, 3.8) is 0 Å². The highest BCUT2D eigenvalue weighted by Gasteiger charge is 2.07. The van der Waals surface area contributed by atoms with Gasteiger partial charge in [0.25, 0.3) is 0 Å². The van der Waals surface area contributed by atoms with Crippen LogP contribution in [0.4, 0.5) is 23.1 Å². The van der Waals surface area contributed by atoms with Crippen LogP contribution in [0.2, 0.25) is 0 Å². The van der Waals surface area contributed by atoms with E-state index in [2.05, 4.69) is 20.6 Å². The first kappa shape index (κ1) is 13.9. The number of benzene rings is 1. The summed E-state index contributed by atoms with van der Waals surface area (Å²) >= 11 is 0. The summed E-state index contributed by atoms with van der Waals surface area (Å²) in [5.74, 6) is 1.39. The molecule has 1 atom stereocenters. The summed E-state index contributed by atoms with van der Waals surface area (Å²) in [4.78, 5) is 7.89. The Kier molecular flexibility index (Phi) is 4.21. The molecule has 0 saturated heterocycles. The molecule has 0 bridgehead atoms. The first-order chi connectivity index (χ1) is 9.58. The Bertz CT molecular complexity index is 589. The maximum Gasteiger partial charge on any atom is 0.221 e. The molecule has 20 heavy (non-hydrogen) atoms. The highest BCUT2D eigenvalue weighted by atomic mass is 16.5. The highest BCUT2D eigenvalue weighted by molar-refractivity contribution is 5.68. The van der Waals surface area contributed by atoms with Gasteiger partial charge in [-0.1, -0.05) is 0 Å². The predicted octanol–water partition coefficient (Wildman–Crippen LogP) is 1.56. The van der Waals surface area contributed by atoms with E-state index in [4.69, 9.17) is 10.5 Å². The van der Waals surface area contributed by atoms with E-state index >= 15 is 0 Å². The number of nitrogen functional groups attached to an aromatic ring is 1. The Morgan fingerprint density at radius 2 is 2.15 bits per heavy atom. The molecule has 1 unspecified atom stereocenters. The highest BCUT2D eigenvalue weighted by Crippen LogP contribution is 2.30. The van der Waals surface area contributed by atoms with E-state index in [0.29, 0.717) is 11.6 Å². The molecule has 0 aliphatic rings. The number of aromatic nitrogens is 2. The van der Waals surface area contributed by atoms with Crippen molar-refractivity contribution >= 4 is 23.1 Å². The molecule has 0 spiro atoms. The number of aliphatic hydroxyl groups excluding tert-OH is 1. The Morgan fingerprint density at radius 1 is 1.35 bits per heavy atom. The summed E-state index contributed by atoms with van der Waals surface area (Å²) in [5, 5.41) is 15.3. The number of rotatable bonds is 5. The second-order valence-corrected chi connectivity index (χ2v) is 4.16. The lowest BCUT2D eigenvalue weighted by Gasteiger charge is -2.14. The van der Waals surface area contributed by atoms with Crippen LogP contribution in [0.15, 0.2) is 30.5 Å². The average Bonchev–Trinajstić information content (AvgIpc) is 2.40. The molecule has 2 aromatic rings. The maximum absolute atomic E-state index is 9.31. The van der Waals surface area contributed by atoms with Gasteiger partial charge < -0.3 is 26.2 Å². The van der Waals surface area contributed by atoms with Gasteiger partial charge in [-0.2, -0.15) is 4.98 Å². The van der Waals surface area contributed by atoms with Gasteiger partial charge in [-0.25, -0.2) is 4.98 Å². The Morgan fingerprint density at radius 3 is 2.80 bits per heavy atom. The zero-order valence-corrected chi connectivity index (χ0v) is 11.3. The lowest BCUT2D eigenvalue weighted by molar-refractivity contribution is 0.224. The molecular weight excluding hydrogens is 258 g/mol. The molecule has 0 aliphatic carbocycles. The van der Waals surface area contributed by atoms with Crippen LogP contribution in [0.25, 0.3) is 0 Å². The molecule has 7 nitrogen and oxygen atoms in total. The third-order valence-electron chi connectivity index (χ3n) is 2.51. The number of methoxy groups -OCH3 is 1. The zero-order chi connectivity index (χ0) is 14.5. The number of aliphatic hydroxyl groups is 1. The summed E-state index contributed by atoms with van der Waals surface area (Å²) in [7, 11) is 1.57. The third kappa shape index (κ3) is 3.48. The van der Waals surface area contributed by atoms with Crippen molar-refractivity contribution in [1.82, 2.24) is 9.97 Å². The number of anilines is 4. The van der Waals surface area contributed by atoms with Crippen molar-refractivity contribution in [3.8, 4) is 5.75 Å². The van der Waals surface area contributed by atoms with Crippen LogP contribution in [0.3, 0.4) is 0 Å². The van der Waals surface area contributed by atoms with Crippen molar-refractivity contribution in [2.45, 2.75) is 13.2 Å². The zero-order valence-electron chi connectivity index (χ0n) is 11.3. The minimum Gasteiger partial charge on any atom is -0.494 e. The molecule has 1 aromatic carbocycles. The first-order valence-corrected chi connectivity index (χ1v) is 6.06. The molecule has 0 amide bonds.